The number of hydrogen-bond acceptors (Lipinski definition) is 3. The van der Waals surface area contributed by atoms with Crippen LogP contribution in [0.5, 0.6) is 0 Å². The van der Waals surface area contributed by atoms with Crippen LogP contribution in [0.15, 0.2) is 54.9 Å². The van der Waals surface area contributed by atoms with E-state index in [1.165, 1.54) is 4.90 Å². The molecule has 0 aliphatic carbocycles. The first-order chi connectivity index (χ1) is 9.72. The zero-order valence-corrected chi connectivity index (χ0v) is 11.2. The molecule has 1 aromatic carbocycles. The number of benzene rings is 1. The molecule has 0 fully saturated rings. The molecule has 1 amide bonds. The number of pyridine rings is 1. The monoisotopic (exact) mass is 265 g/mol. The van der Waals surface area contributed by atoms with Crippen LogP contribution in [-0.2, 0) is 11.2 Å². The second-order valence-corrected chi connectivity index (χ2v) is 4.49. The standard InChI is InChI=1S/C16H15N3O/c1-19(15(11-17)14-8-5-9-18-12-14)16(20)10-13-6-3-2-4-7-13/h2-9,12,15H,10H2,1H3. The van der Waals surface area contributed by atoms with Crippen LogP contribution in [0.2, 0.25) is 0 Å². The fourth-order valence-corrected chi connectivity index (χ4v) is 1.96. The molecule has 1 atom stereocenters. The molecule has 0 aliphatic heterocycles. The molecule has 0 bridgehead atoms. The number of carbonyl (C=O) groups excluding carboxylic acids is 1. The van der Waals surface area contributed by atoms with Crippen molar-refractivity contribution in [3.63, 3.8) is 0 Å². The van der Waals surface area contributed by atoms with Crippen LogP contribution in [0.4, 0.5) is 0 Å². The zero-order valence-electron chi connectivity index (χ0n) is 11.2. The maximum atomic E-state index is 12.2. The first-order valence-corrected chi connectivity index (χ1v) is 6.31. The quantitative estimate of drug-likeness (QED) is 0.852. The van der Waals surface area contributed by atoms with Crippen molar-refractivity contribution < 1.29 is 4.79 Å². The van der Waals surface area contributed by atoms with Gasteiger partial charge in [-0.15, -0.1) is 0 Å². The minimum Gasteiger partial charge on any atom is -0.325 e. The molecule has 100 valence electrons. The number of likely N-dealkylation sites (N-methyl/N-ethyl adjacent to an activating group) is 1. The van der Waals surface area contributed by atoms with Gasteiger partial charge in [0.05, 0.1) is 12.5 Å². The van der Waals surface area contributed by atoms with Crippen molar-refractivity contribution in [1.82, 2.24) is 9.88 Å². The van der Waals surface area contributed by atoms with Crippen LogP contribution in [0.1, 0.15) is 17.2 Å². The van der Waals surface area contributed by atoms with E-state index >= 15 is 0 Å². The minimum atomic E-state index is -0.611. The minimum absolute atomic E-state index is 0.0911. The lowest BCUT2D eigenvalue weighted by molar-refractivity contribution is -0.130. The Labute approximate surface area is 118 Å². The Morgan fingerprint density at radius 3 is 2.65 bits per heavy atom. The third kappa shape index (κ3) is 3.21. The second-order valence-electron chi connectivity index (χ2n) is 4.49. The Morgan fingerprint density at radius 2 is 2.05 bits per heavy atom. The van der Waals surface area contributed by atoms with Crippen molar-refractivity contribution >= 4 is 5.91 Å². The van der Waals surface area contributed by atoms with Crippen molar-refractivity contribution in [2.45, 2.75) is 12.5 Å². The molecule has 0 spiro atoms. The van der Waals surface area contributed by atoms with E-state index < -0.39 is 6.04 Å². The maximum absolute atomic E-state index is 12.2. The van der Waals surface area contributed by atoms with Crippen molar-refractivity contribution in [1.29, 1.82) is 5.26 Å². The summed E-state index contributed by atoms with van der Waals surface area (Å²) in [7, 11) is 1.64. The van der Waals surface area contributed by atoms with E-state index in [9.17, 15) is 10.1 Å². The highest BCUT2D eigenvalue weighted by Gasteiger charge is 2.21. The smallest absolute Gasteiger partial charge is 0.228 e. The van der Waals surface area contributed by atoms with Gasteiger partial charge in [0.2, 0.25) is 5.91 Å². The fraction of sp³-hybridized carbons (Fsp3) is 0.188. The van der Waals surface area contributed by atoms with Crippen LogP contribution < -0.4 is 0 Å². The maximum Gasteiger partial charge on any atom is 0.228 e. The lowest BCUT2D eigenvalue weighted by atomic mass is 10.1. The van der Waals surface area contributed by atoms with Crippen LogP contribution in [0.25, 0.3) is 0 Å². The van der Waals surface area contributed by atoms with Gasteiger partial charge >= 0.3 is 0 Å². The number of hydrogen-bond donors (Lipinski definition) is 0. The average molecular weight is 265 g/mol. The normalized spacial score (nSPS) is 11.4. The van der Waals surface area contributed by atoms with E-state index in [-0.39, 0.29) is 12.3 Å². The molecule has 4 heteroatoms. The van der Waals surface area contributed by atoms with Crippen LogP contribution >= 0.6 is 0 Å². The molecule has 0 aliphatic rings. The van der Waals surface area contributed by atoms with Gasteiger partial charge in [0.25, 0.3) is 0 Å². The largest absolute Gasteiger partial charge is 0.325 e. The zero-order chi connectivity index (χ0) is 14.4. The highest BCUT2D eigenvalue weighted by Crippen LogP contribution is 2.18. The predicted molar refractivity (Wildman–Crippen MR) is 75.5 cm³/mol. The first-order valence-electron chi connectivity index (χ1n) is 6.31. The third-order valence-electron chi connectivity index (χ3n) is 3.10. The van der Waals surface area contributed by atoms with Gasteiger partial charge < -0.3 is 4.90 Å². The molecule has 1 aromatic heterocycles. The van der Waals surface area contributed by atoms with Gasteiger partial charge in [-0.3, -0.25) is 9.78 Å². The lowest BCUT2D eigenvalue weighted by Gasteiger charge is -2.22. The van der Waals surface area contributed by atoms with Crippen LogP contribution in [0.3, 0.4) is 0 Å². The van der Waals surface area contributed by atoms with Crippen molar-refractivity contribution in [2.75, 3.05) is 7.05 Å². The number of rotatable bonds is 4. The molecule has 2 rings (SSSR count). The molecule has 4 nitrogen and oxygen atoms in total. The summed E-state index contributed by atoms with van der Waals surface area (Å²) in [5.74, 6) is -0.0911. The van der Waals surface area contributed by atoms with Gasteiger partial charge in [-0.1, -0.05) is 36.4 Å². The summed E-state index contributed by atoms with van der Waals surface area (Å²) in [5.41, 5.74) is 1.66. The second kappa shape index (κ2) is 6.48. The van der Waals surface area contributed by atoms with Gasteiger partial charge in [0.15, 0.2) is 0 Å². The Kier molecular flexibility index (Phi) is 4.46. The Bertz CT molecular complexity index is 605. The predicted octanol–water partition coefficient (Wildman–Crippen LogP) is 2.35. The molecule has 0 radical (unpaired) electrons. The highest BCUT2D eigenvalue weighted by molar-refractivity contribution is 5.79. The molecular formula is C16H15N3O. The number of carbonyl (C=O) groups is 1. The average Bonchev–Trinajstić information content (AvgIpc) is 2.50. The van der Waals surface area contributed by atoms with Crippen molar-refractivity contribution in [3.05, 3.63) is 66.0 Å². The van der Waals surface area contributed by atoms with Crippen LogP contribution in [-0.4, -0.2) is 22.8 Å². The summed E-state index contributed by atoms with van der Waals surface area (Å²) in [6, 6.07) is 14.6. The van der Waals surface area contributed by atoms with Crippen molar-refractivity contribution in [3.8, 4) is 6.07 Å². The summed E-state index contributed by atoms with van der Waals surface area (Å²) in [6.07, 6.45) is 3.54. The van der Waals surface area contributed by atoms with E-state index in [0.29, 0.717) is 0 Å². The molecule has 0 saturated heterocycles. The van der Waals surface area contributed by atoms with Gasteiger partial charge in [-0.05, 0) is 11.6 Å². The third-order valence-corrected chi connectivity index (χ3v) is 3.10. The van der Waals surface area contributed by atoms with Gasteiger partial charge in [0, 0.05) is 25.0 Å². The first kappa shape index (κ1) is 13.8. The topological polar surface area (TPSA) is 57.0 Å². The number of nitrogens with zero attached hydrogens (tertiary/aromatic N) is 3. The Hall–Kier alpha value is -2.67. The molecule has 2 aromatic rings. The van der Waals surface area contributed by atoms with E-state index in [2.05, 4.69) is 11.1 Å². The van der Waals surface area contributed by atoms with Crippen molar-refractivity contribution in [2.24, 2.45) is 0 Å². The van der Waals surface area contributed by atoms with E-state index in [1.807, 2.05) is 30.3 Å². The summed E-state index contributed by atoms with van der Waals surface area (Å²) < 4.78 is 0. The Morgan fingerprint density at radius 1 is 1.30 bits per heavy atom. The Balaban J connectivity index is 2.11. The number of aromatic nitrogens is 1. The molecule has 1 heterocycles. The summed E-state index contributed by atoms with van der Waals surface area (Å²) in [5, 5.41) is 9.29. The molecule has 20 heavy (non-hydrogen) atoms. The van der Waals surface area contributed by atoms with Gasteiger partial charge in [0.1, 0.15) is 6.04 Å². The fourth-order valence-electron chi connectivity index (χ4n) is 1.96. The number of amides is 1. The lowest BCUT2D eigenvalue weighted by Crippen LogP contribution is -2.31. The number of nitriles is 1. The van der Waals surface area contributed by atoms with E-state index in [0.717, 1.165) is 11.1 Å². The summed E-state index contributed by atoms with van der Waals surface area (Å²) >= 11 is 0. The van der Waals surface area contributed by atoms with E-state index in [4.69, 9.17) is 0 Å². The van der Waals surface area contributed by atoms with Gasteiger partial charge in [-0.2, -0.15) is 5.26 Å². The molecule has 0 saturated carbocycles. The molecule has 0 N–H and O–H groups in total. The summed E-state index contributed by atoms with van der Waals surface area (Å²) in [4.78, 5) is 17.7. The van der Waals surface area contributed by atoms with E-state index in [1.54, 1.807) is 31.6 Å². The van der Waals surface area contributed by atoms with Crippen LogP contribution in [0, 0.1) is 11.3 Å². The molecule has 1 unspecified atom stereocenters. The SMILES string of the molecule is CN(C(=O)Cc1ccccc1)C(C#N)c1cccnc1. The highest BCUT2D eigenvalue weighted by atomic mass is 16.2. The summed E-state index contributed by atoms with van der Waals surface area (Å²) in [6.45, 7) is 0. The molecular weight excluding hydrogens is 250 g/mol. The van der Waals surface area contributed by atoms with Gasteiger partial charge in [-0.25, -0.2) is 0 Å².